The van der Waals surface area contributed by atoms with E-state index in [4.69, 9.17) is 4.74 Å². The van der Waals surface area contributed by atoms with Crippen molar-refractivity contribution in [1.29, 1.82) is 0 Å². The van der Waals surface area contributed by atoms with Crippen molar-refractivity contribution < 1.29 is 17.9 Å². The molecule has 0 radical (unpaired) electrons. The van der Waals surface area contributed by atoms with Crippen molar-refractivity contribution in [3.05, 3.63) is 59.7 Å². The summed E-state index contributed by atoms with van der Waals surface area (Å²) in [7, 11) is 4.07. The zero-order valence-corrected chi connectivity index (χ0v) is 18.2. The van der Waals surface area contributed by atoms with Gasteiger partial charge in [-0.1, -0.05) is 12.1 Å². The second-order valence-electron chi connectivity index (χ2n) is 9.18. The molecule has 1 aliphatic carbocycles. The number of halogens is 3. The third-order valence-electron chi connectivity index (χ3n) is 6.51. The van der Waals surface area contributed by atoms with Gasteiger partial charge in [-0.05, 0) is 79.6 Å². The Morgan fingerprint density at radius 2 is 1.65 bits per heavy atom. The highest BCUT2D eigenvalue weighted by Gasteiger charge is 2.34. The molecule has 2 fully saturated rings. The molecular weight excluding hydrogens is 401 g/mol. The molecule has 2 aliphatic rings. The molecule has 1 saturated heterocycles. The molecule has 6 heteroatoms. The first-order chi connectivity index (χ1) is 14.8. The Labute approximate surface area is 182 Å². The largest absolute Gasteiger partial charge is 0.493 e. The minimum absolute atomic E-state index is 0.306. The van der Waals surface area contributed by atoms with Crippen LogP contribution < -0.4 is 9.64 Å². The van der Waals surface area contributed by atoms with E-state index in [2.05, 4.69) is 34.1 Å². The fourth-order valence-corrected chi connectivity index (χ4v) is 4.51. The zero-order valence-electron chi connectivity index (χ0n) is 18.2. The molecule has 168 valence electrons. The lowest BCUT2D eigenvalue weighted by Crippen LogP contribution is -2.42. The predicted molar refractivity (Wildman–Crippen MR) is 118 cm³/mol. The zero-order chi connectivity index (χ0) is 22.0. The van der Waals surface area contributed by atoms with Crippen molar-refractivity contribution in [2.45, 2.75) is 31.4 Å². The van der Waals surface area contributed by atoms with E-state index in [1.807, 2.05) is 14.1 Å². The monoisotopic (exact) mass is 432 g/mol. The molecule has 0 amide bonds. The van der Waals surface area contributed by atoms with Crippen LogP contribution in [0.1, 0.15) is 36.3 Å². The molecule has 1 saturated carbocycles. The first-order valence-electron chi connectivity index (χ1n) is 11.1. The van der Waals surface area contributed by atoms with Crippen LogP contribution in [0.3, 0.4) is 0 Å². The maximum absolute atomic E-state index is 12.8. The van der Waals surface area contributed by atoms with E-state index in [0.29, 0.717) is 24.2 Å². The van der Waals surface area contributed by atoms with Crippen molar-refractivity contribution in [3.63, 3.8) is 0 Å². The SMILES string of the molecule is CN(C)c1ccc([C@@H]2CCN(CC3CC3)C[C@H]2COc2ccc(C(F)(F)F)cc2)cc1. The summed E-state index contributed by atoms with van der Waals surface area (Å²) < 4.78 is 44.4. The van der Waals surface area contributed by atoms with Crippen LogP contribution in [0, 0.1) is 11.8 Å². The number of benzene rings is 2. The first-order valence-corrected chi connectivity index (χ1v) is 11.1. The average Bonchev–Trinajstić information content (AvgIpc) is 3.56. The number of hydrogen-bond donors (Lipinski definition) is 0. The van der Waals surface area contributed by atoms with Crippen LogP contribution in [0.4, 0.5) is 18.9 Å². The maximum atomic E-state index is 12.8. The minimum atomic E-state index is -4.32. The summed E-state index contributed by atoms with van der Waals surface area (Å²) in [5, 5.41) is 0. The normalized spacial score (nSPS) is 22.4. The fourth-order valence-electron chi connectivity index (χ4n) is 4.51. The van der Waals surface area contributed by atoms with Gasteiger partial charge in [0, 0.05) is 38.8 Å². The molecule has 3 nitrogen and oxygen atoms in total. The molecule has 2 aromatic rings. The van der Waals surface area contributed by atoms with Crippen LogP contribution in [0.15, 0.2) is 48.5 Å². The summed E-state index contributed by atoms with van der Waals surface area (Å²) in [4.78, 5) is 4.64. The van der Waals surface area contributed by atoms with E-state index in [9.17, 15) is 13.2 Å². The Morgan fingerprint density at radius 3 is 2.23 bits per heavy atom. The van der Waals surface area contributed by atoms with Gasteiger partial charge in [0.2, 0.25) is 0 Å². The Kier molecular flexibility index (Phi) is 6.47. The van der Waals surface area contributed by atoms with E-state index < -0.39 is 11.7 Å². The molecule has 0 N–H and O–H groups in total. The standard InChI is InChI=1S/C25H31F3N2O/c1-29(2)22-9-5-19(6-10-22)24-13-14-30(15-18-3-4-18)16-20(24)17-31-23-11-7-21(8-12-23)25(26,27)28/h5-12,18,20,24H,3-4,13-17H2,1-2H3/t20-,24-/m0/s1. The Hall–Kier alpha value is -2.21. The summed E-state index contributed by atoms with van der Waals surface area (Å²) in [6, 6.07) is 13.8. The Bertz CT molecular complexity index is 845. The molecule has 31 heavy (non-hydrogen) atoms. The van der Waals surface area contributed by atoms with E-state index in [0.717, 1.165) is 44.1 Å². The maximum Gasteiger partial charge on any atom is 0.416 e. The summed E-state index contributed by atoms with van der Waals surface area (Å²) in [5.41, 5.74) is 1.84. The van der Waals surface area contributed by atoms with Gasteiger partial charge < -0.3 is 14.5 Å². The lowest BCUT2D eigenvalue weighted by Gasteiger charge is -2.39. The van der Waals surface area contributed by atoms with Gasteiger partial charge in [-0.2, -0.15) is 13.2 Å². The Morgan fingerprint density at radius 1 is 0.968 bits per heavy atom. The van der Waals surface area contributed by atoms with E-state index >= 15 is 0 Å². The minimum Gasteiger partial charge on any atom is -0.493 e. The predicted octanol–water partition coefficient (Wildman–Crippen LogP) is 5.67. The van der Waals surface area contributed by atoms with Crippen molar-refractivity contribution in [3.8, 4) is 5.75 Å². The van der Waals surface area contributed by atoms with E-state index in [1.165, 1.54) is 36.2 Å². The molecular formula is C25H31F3N2O. The summed E-state index contributed by atoms with van der Waals surface area (Å²) >= 11 is 0. The number of hydrogen-bond acceptors (Lipinski definition) is 3. The van der Waals surface area contributed by atoms with Crippen molar-refractivity contribution in [2.24, 2.45) is 11.8 Å². The smallest absolute Gasteiger partial charge is 0.416 e. The highest BCUT2D eigenvalue weighted by molar-refractivity contribution is 5.46. The molecule has 0 aromatic heterocycles. The lowest BCUT2D eigenvalue weighted by molar-refractivity contribution is -0.137. The number of nitrogens with zero attached hydrogens (tertiary/aromatic N) is 2. The molecule has 2 aromatic carbocycles. The number of likely N-dealkylation sites (tertiary alicyclic amines) is 1. The summed E-state index contributed by atoms with van der Waals surface area (Å²) in [6.45, 7) is 3.72. The molecule has 4 rings (SSSR count). The van der Waals surface area contributed by atoms with Gasteiger partial charge in [-0.3, -0.25) is 0 Å². The van der Waals surface area contributed by atoms with Gasteiger partial charge >= 0.3 is 6.18 Å². The topological polar surface area (TPSA) is 15.7 Å². The third kappa shape index (κ3) is 5.73. The van der Waals surface area contributed by atoms with Gasteiger partial charge in [-0.25, -0.2) is 0 Å². The van der Waals surface area contributed by atoms with Gasteiger partial charge in [-0.15, -0.1) is 0 Å². The van der Waals surface area contributed by atoms with Gasteiger partial charge in [0.05, 0.1) is 12.2 Å². The second-order valence-corrected chi connectivity index (χ2v) is 9.18. The first kappa shape index (κ1) is 22.0. The third-order valence-corrected chi connectivity index (χ3v) is 6.51. The van der Waals surface area contributed by atoms with Crippen molar-refractivity contribution in [2.75, 3.05) is 45.2 Å². The number of alkyl halides is 3. The quantitative estimate of drug-likeness (QED) is 0.561. The van der Waals surface area contributed by atoms with E-state index in [-0.39, 0.29) is 0 Å². The fraction of sp³-hybridized carbons (Fsp3) is 0.520. The van der Waals surface area contributed by atoms with Gasteiger partial charge in [0.1, 0.15) is 5.75 Å². The molecule has 0 spiro atoms. The molecule has 1 heterocycles. The molecule has 2 atom stereocenters. The number of anilines is 1. The highest BCUT2D eigenvalue weighted by atomic mass is 19.4. The number of rotatable bonds is 7. The lowest BCUT2D eigenvalue weighted by atomic mass is 9.80. The van der Waals surface area contributed by atoms with Crippen LogP contribution >= 0.6 is 0 Å². The second kappa shape index (κ2) is 9.11. The highest BCUT2D eigenvalue weighted by Crippen LogP contribution is 2.37. The van der Waals surface area contributed by atoms with Crippen LogP contribution in [0.5, 0.6) is 5.75 Å². The summed E-state index contributed by atoms with van der Waals surface area (Å²) in [5.74, 6) is 2.03. The summed E-state index contributed by atoms with van der Waals surface area (Å²) in [6.07, 6.45) is -0.582. The molecule has 0 unspecified atom stereocenters. The van der Waals surface area contributed by atoms with Crippen molar-refractivity contribution in [1.82, 2.24) is 4.90 Å². The molecule has 0 bridgehead atoms. The van der Waals surface area contributed by atoms with Gasteiger partial charge in [0.15, 0.2) is 0 Å². The van der Waals surface area contributed by atoms with Crippen LogP contribution in [-0.4, -0.2) is 45.2 Å². The van der Waals surface area contributed by atoms with E-state index in [1.54, 1.807) is 0 Å². The number of piperidine rings is 1. The van der Waals surface area contributed by atoms with Crippen LogP contribution in [0.25, 0.3) is 0 Å². The van der Waals surface area contributed by atoms with Crippen molar-refractivity contribution >= 4 is 5.69 Å². The Balaban J connectivity index is 1.45. The van der Waals surface area contributed by atoms with Crippen LogP contribution in [0.2, 0.25) is 0 Å². The van der Waals surface area contributed by atoms with Crippen LogP contribution in [-0.2, 0) is 6.18 Å². The molecule has 1 aliphatic heterocycles. The average molecular weight is 433 g/mol. The van der Waals surface area contributed by atoms with Gasteiger partial charge in [0.25, 0.3) is 0 Å². The number of ether oxygens (including phenoxy) is 1.